The van der Waals surface area contributed by atoms with Crippen LogP contribution in [0.15, 0.2) is 223 Å². The van der Waals surface area contributed by atoms with Crippen LogP contribution in [0.5, 0.6) is 0 Å². The molecule has 9 aromatic carbocycles. The van der Waals surface area contributed by atoms with Gasteiger partial charge >= 0.3 is 0 Å². The summed E-state index contributed by atoms with van der Waals surface area (Å²) < 4.78 is 8.97. The fraction of sp³-hybridized carbons (Fsp3) is 0. The maximum atomic E-state index is 6.59. The van der Waals surface area contributed by atoms with Gasteiger partial charge in [0.15, 0.2) is 17.5 Å². The van der Waals surface area contributed by atoms with E-state index in [-0.39, 0.29) is 0 Å². The number of nitrogens with zero attached hydrogens (tertiary/aromatic N) is 4. The molecule has 12 rings (SSSR count). The molecule has 3 aromatic heterocycles. The molecule has 0 aliphatic rings. The zero-order valence-electron chi connectivity index (χ0n) is 33.5. The lowest BCUT2D eigenvalue weighted by Crippen LogP contribution is -2.00. The molecule has 0 unspecified atom stereocenters. The number of para-hydroxylation sites is 3. The molecule has 62 heavy (non-hydrogen) atoms. The predicted molar refractivity (Wildman–Crippen MR) is 254 cm³/mol. The summed E-state index contributed by atoms with van der Waals surface area (Å²) in [5, 5.41) is 4.56. The van der Waals surface area contributed by atoms with E-state index >= 15 is 0 Å². The molecule has 0 aliphatic heterocycles. The standard InChI is InChI=1S/C57H36N4O/c1-3-13-37(14-4-1)39-23-27-41(28-24-39)55-58-56(42-29-25-40(26-30-42)38-15-5-2-6-16-38)60-57(59-55)44-31-33-48-49-35-43(32-34-53(49)62-54(48)36-44)45-17-7-10-20-50(45)61-51-21-11-8-18-46(51)47-19-9-12-22-52(47)61/h1-36H. The van der Waals surface area contributed by atoms with Gasteiger partial charge in [-0.05, 0) is 70.3 Å². The molecule has 0 saturated heterocycles. The lowest BCUT2D eigenvalue weighted by Gasteiger charge is -2.14. The van der Waals surface area contributed by atoms with Crippen LogP contribution in [0, 0.1) is 0 Å². The smallest absolute Gasteiger partial charge is 0.164 e. The van der Waals surface area contributed by atoms with Gasteiger partial charge in [0.05, 0.1) is 16.7 Å². The summed E-state index contributed by atoms with van der Waals surface area (Å²) in [6.45, 7) is 0. The van der Waals surface area contributed by atoms with Gasteiger partial charge in [-0.25, -0.2) is 15.0 Å². The van der Waals surface area contributed by atoms with Crippen molar-refractivity contribution in [3.63, 3.8) is 0 Å². The van der Waals surface area contributed by atoms with Crippen molar-refractivity contribution in [3.05, 3.63) is 218 Å². The van der Waals surface area contributed by atoms with Crippen LogP contribution in [0.3, 0.4) is 0 Å². The van der Waals surface area contributed by atoms with E-state index in [1.165, 1.54) is 21.8 Å². The third-order valence-corrected chi connectivity index (χ3v) is 11.9. The molecule has 0 saturated carbocycles. The van der Waals surface area contributed by atoms with Gasteiger partial charge in [-0.3, -0.25) is 0 Å². The number of hydrogen-bond donors (Lipinski definition) is 0. The Kier molecular flexibility index (Phi) is 8.42. The normalized spacial score (nSPS) is 11.5. The first-order valence-corrected chi connectivity index (χ1v) is 20.8. The highest BCUT2D eigenvalue weighted by molar-refractivity contribution is 6.10. The van der Waals surface area contributed by atoms with E-state index in [0.717, 1.165) is 77.7 Å². The maximum Gasteiger partial charge on any atom is 0.164 e. The molecule has 5 heteroatoms. The molecular formula is C57H36N4O. The average Bonchev–Trinajstić information content (AvgIpc) is 3.89. The summed E-state index contributed by atoms with van der Waals surface area (Å²) in [6.07, 6.45) is 0. The largest absolute Gasteiger partial charge is 0.456 e. The fourth-order valence-corrected chi connectivity index (χ4v) is 8.83. The number of furan rings is 1. The quantitative estimate of drug-likeness (QED) is 0.161. The Morgan fingerprint density at radius 1 is 0.290 bits per heavy atom. The molecule has 5 nitrogen and oxygen atoms in total. The van der Waals surface area contributed by atoms with E-state index in [4.69, 9.17) is 19.4 Å². The molecule has 0 N–H and O–H groups in total. The Morgan fingerprint density at radius 2 is 0.742 bits per heavy atom. The van der Waals surface area contributed by atoms with Gasteiger partial charge in [0.2, 0.25) is 0 Å². The van der Waals surface area contributed by atoms with Gasteiger partial charge in [0.1, 0.15) is 11.2 Å². The molecule has 3 heterocycles. The second-order valence-electron chi connectivity index (χ2n) is 15.6. The molecule has 0 spiro atoms. The van der Waals surface area contributed by atoms with E-state index in [1.54, 1.807) is 0 Å². The third kappa shape index (κ3) is 6.14. The Morgan fingerprint density at radius 3 is 1.34 bits per heavy atom. The molecule has 0 amide bonds. The third-order valence-electron chi connectivity index (χ3n) is 11.9. The molecule has 12 aromatic rings. The van der Waals surface area contributed by atoms with Crippen molar-refractivity contribution in [1.82, 2.24) is 19.5 Å². The monoisotopic (exact) mass is 792 g/mol. The van der Waals surface area contributed by atoms with Gasteiger partial charge in [-0.1, -0.05) is 176 Å². The van der Waals surface area contributed by atoms with Crippen LogP contribution in [-0.4, -0.2) is 19.5 Å². The van der Waals surface area contributed by atoms with Gasteiger partial charge < -0.3 is 8.98 Å². The second-order valence-corrected chi connectivity index (χ2v) is 15.6. The Labute approximate surface area is 357 Å². The van der Waals surface area contributed by atoms with Crippen molar-refractivity contribution in [2.24, 2.45) is 0 Å². The number of benzene rings is 9. The SMILES string of the molecule is c1ccc(-c2ccc(-c3nc(-c4ccc(-c5ccccc5)cc4)nc(-c4ccc5c(c4)oc4ccc(-c6ccccc6-n6c7ccccc7c7ccccc76)cc45)n3)cc2)cc1. The van der Waals surface area contributed by atoms with Crippen molar-refractivity contribution in [3.8, 4) is 73.2 Å². The molecular weight excluding hydrogens is 757 g/mol. The van der Waals surface area contributed by atoms with Crippen molar-refractivity contribution < 1.29 is 4.42 Å². The topological polar surface area (TPSA) is 56.7 Å². The van der Waals surface area contributed by atoms with Crippen LogP contribution < -0.4 is 0 Å². The first-order chi connectivity index (χ1) is 30.7. The maximum absolute atomic E-state index is 6.59. The summed E-state index contributed by atoms with van der Waals surface area (Å²) in [5.74, 6) is 1.79. The Bertz CT molecular complexity index is 3450. The van der Waals surface area contributed by atoms with E-state index in [9.17, 15) is 0 Å². The highest BCUT2D eigenvalue weighted by atomic mass is 16.3. The number of hydrogen-bond acceptors (Lipinski definition) is 4. The zero-order valence-corrected chi connectivity index (χ0v) is 33.5. The fourth-order valence-electron chi connectivity index (χ4n) is 8.83. The van der Waals surface area contributed by atoms with E-state index < -0.39 is 0 Å². The van der Waals surface area contributed by atoms with Crippen molar-refractivity contribution in [2.75, 3.05) is 0 Å². The summed E-state index contributed by atoms with van der Waals surface area (Å²) in [5.41, 5.74) is 14.6. The Hall–Kier alpha value is -8.41. The van der Waals surface area contributed by atoms with Gasteiger partial charge in [-0.15, -0.1) is 0 Å². The highest BCUT2D eigenvalue weighted by Crippen LogP contribution is 2.39. The lowest BCUT2D eigenvalue weighted by molar-refractivity contribution is 0.669. The van der Waals surface area contributed by atoms with E-state index in [1.807, 2.05) is 12.1 Å². The predicted octanol–water partition coefficient (Wildman–Crippen LogP) is 14.9. The summed E-state index contributed by atoms with van der Waals surface area (Å²) >= 11 is 0. The highest BCUT2D eigenvalue weighted by Gasteiger charge is 2.18. The first-order valence-electron chi connectivity index (χ1n) is 20.8. The van der Waals surface area contributed by atoms with Crippen molar-refractivity contribution in [2.45, 2.75) is 0 Å². The molecule has 0 fully saturated rings. The molecule has 0 aliphatic carbocycles. The minimum atomic E-state index is 0.576. The number of aromatic nitrogens is 4. The van der Waals surface area contributed by atoms with Crippen LogP contribution in [0.25, 0.3) is 117 Å². The van der Waals surface area contributed by atoms with Crippen LogP contribution in [0.1, 0.15) is 0 Å². The summed E-state index contributed by atoms with van der Waals surface area (Å²) in [6, 6.07) is 76.3. The summed E-state index contributed by atoms with van der Waals surface area (Å²) in [4.78, 5) is 15.2. The minimum absolute atomic E-state index is 0.576. The first kappa shape index (κ1) is 35.5. The minimum Gasteiger partial charge on any atom is -0.456 e. The number of fused-ring (bicyclic) bond motifs is 6. The van der Waals surface area contributed by atoms with E-state index in [2.05, 4.69) is 211 Å². The van der Waals surface area contributed by atoms with Crippen molar-refractivity contribution >= 4 is 43.7 Å². The van der Waals surface area contributed by atoms with Gasteiger partial charge in [0.25, 0.3) is 0 Å². The van der Waals surface area contributed by atoms with Crippen LogP contribution >= 0.6 is 0 Å². The summed E-state index contributed by atoms with van der Waals surface area (Å²) in [7, 11) is 0. The van der Waals surface area contributed by atoms with Crippen molar-refractivity contribution in [1.29, 1.82) is 0 Å². The lowest BCUT2D eigenvalue weighted by atomic mass is 10.0. The number of rotatable bonds is 7. The van der Waals surface area contributed by atoms with Crippen LogP contribution in [-0.2, 0) is 0 Å². The molecule has 0 radical (unpaired) electrons. The van der Waals surface area contributed by atoms with Crippen LogP contribution in [0.2, 0.25) is 0 Å². The Balaban J connectivity index is 0.953. The molecule has 290 valence electrons. The second kappa shape index (κ2) is 14.7. The average molecular weight is 793 g/mol. The van der Waals surface area contributed by atoms with Gasteiger partial charge in [-0.2, -0.15) is 0 Å². The van der Waals surface area contributed by atoms with Gasteiger partial charge in [0, 0.05) is 43.8 Å². The van der Waals surface area contributed by atoms with Crippen LogP contribution in [0.4, 0.5) is 0 Å². The molecule has 0 bridgehead atoms. The zero-order chi connectivity index (χ0) is 41.0. The van der Waals surface area contributed by atoms with E-state index in [0.29, 0.717) is 17.5 Å². The molecule has 0 atom stereocenters.